The molecule has 2 nitrogen and oxygen atoms in total. The van der Waals surface area contributed by atoms with Gasteiger partial charge in [0.2, 0.25) is 0 Å². The van der Waals surface area contributed by atoms with Crippen LogP contribution in [0, 0.1) is 11.8 Å². The van der Waals surface area contributed by atoms with Crippen LogP contribution >= 0.6 is 43.2 Å². The molecule has 1 amide bonds. The average molecular weight is 367 g/mol. The number of hydrogen-bond donors (Lipinski definition) is 0. The van der Waals surface area contributed by atoms with Gasteiger partial charge in [-0.1, -0.05) is 6.92 Å². The molecule has 1 aromatic rings. The van der Waals surface area contributed by atoms with Gasteiger partial charge < -0.3 is 4.90 Å². The summed E-state index contributed by atoms with van der Waals surface area (Å²) in [4.78, 5) is 14.7. The number of carbonyl (C=O) groups excluding carboxylic acids is 1. The molecule has 1 heterocycles. The van der Waals surface area contributed by atoms with E-state index < -0.39 is 0 Å². The maximum absolute atomic E-state index is 12.1. The first kappa shape index (κ1) is 12.6. The molecule has 1 saturated carbocycles. The summed E-state index contributed by atoms with van der Waals surface area (Å²) in [5, 5.41) is 0. The highest BCUT2D eigenvalue weighted by atomic mass is 79.9. The Bertz CT molecular complexity index is 399. The first-order valence-electron chi connectivity index (χ1n) is 5.19. The Hall–Kier alpha value is 0.130. The molecule has 2 unspecified atom stereocenters. The van der Waals surface area contributed by atoms with E-state index in [0.717, 1.165) is 25.6 Å². The molecule has 16 heavy (non-hydrogen) atoms. The highest BCUT2D eigenvalue weighted by molar-refractivity contribution is 9.13. The van der Waals surface area contributed by atoms with Gasteiger partial charge in [-0.15, -0.1) is 11.3 Å². The lowest BCUT2D eigenvalue weighted by atomic mass is 10.3. The number of rotatable bonds is 3. The summed E-state index contributed by atoms with van der Waals surface area (Å²) in [6.07, 6.45) is 1.26. The van der Waals surface area contributed by atoms with Crippen molar-refractivity contribution in [2.45, 2.75) is 13.3 Å². The van der Waals surface area contributed by atoms with Crippen LogP contribution in [0.1, 0.15) is 23.0 Å². The monoisotopic (exact) mass is 365 g/mol. The maximum Gasteiger partial charge on any atom is 0.263 e. The molecule has 0 bridgehead atoms. The number of halogens is 2. The molecule has 1 fully saturated rings. The van der Waals surface area contributed by atoms with E-state index in [4.69, 9.17) is 0 Å². The summed E-state index contributed by atoms with van der Waals surface area (Å²) < 4.78 is 1.93. The third-order valence-corrected chi connectivity index (χ3v) is 6.23. The minimum Gasteiger partial charge on any atom is -0.341 e. The zero-order valence-corrected chi connectivity index (χ0v) is 13.2. The Morgan fingerprint density at radius 3 is 2.69 bits per heavy atom. The van der Waals surface area contributed by atoms with Crippen molar-refractivity contribution < 1.29 is 4.79 Å². The van der Waals surface area contributed by atoms with Crippen molar-refractivity contribution in [3.05, 3.63) is 19.2 Å². The standard InChI is InChI=1S/C11H13Br2NOS/c1-6-3-7(6)5-14(2)11(15)9-4-8(12)10(13)16-9/h4,6-7H,3,5H2,1-2H3. The molecule has 0 aromatic carbocycles. The van der Waals surface area contributed by atoms with Gasteiger partial charge in [0.15, 0.2) is 0 Å². The normalized spacial score (nSPS) is 23.2. The second-order valence-electron chi connectivity index (χ2n) is 4.39. The van der Waals surface area contributed by atoms with Gasteiger partial charge in [0.25, 0.3) is 5.91 Å². The average Bonchev–Trinajstić information content (AvgIpc) is 2.80. The van der Waals surface area contributed by atoms with Crippen molar-refractivity contribution in [1.82, 2.24) is 4.90 Å². The van der Waals surface area contributed by atoms with Gasteiger partial charge in [-0.05, 0) is 56.2 Å². The van der Waals surface area contributed by atoms with Crippen LogP contribution in [0.25, 0.3) is 0 Å². The van der Waals surface area contributed by atoms with Crippen LogP contribution in [0.15, 0.2) is 14.3 Å². The van der Waals surface area contributed by atoms with Crippen LogP contribution in [0.3, 0.4) is 0 Å². The number of nitrogens with zero attached hydrogens (tertiary/aromatic N) is 1. The second-order valence-corrected chi connectivity index (χ2v) is 7.62. The Kier molecular flexibility index (Phi) is 3.76. The van der Waals surface area contributed by atoms with Crippen molar-refractivity contribution in [2.24, 2.45) is 11.8 Å². The first-order valence-corrected chi connectivity index (χ1v) is 7.59. The molecule has 0 aliphatic heterocycles. The van der Waals surface area contributed by atoms with Crippen LogP contribution < -0.4 is 0 Å². The third kappa shape index (κ3) is 2.68. The van der Waals surface area contributed by atoms with Crippen LogP contribution in [-0.2, 0) is 0 Å². The molecule has 1 aliphatic carbocycles. The maximum atomic E-state index is 12.1. The number of hydrogen-bond acceptors (Lipinski definition) is 2. The van der Waals surface area contributed by atoms with E-state index in [0.29, 0.717) is 5.92 Å². The Balaban J connectivity index is 2.00. The van der Waals surface area contributed by atoms with E-state index in [2.05, 4.69) is 38.8 Å². The zero-order valence-electron chi connectivity index (χ0n) is 9.17. The third-order valence-electron chi connectivity index (χ3n) is 2.99. The molecule has 88 valence electrons. The number of amides is 1. The molecule has 1 aliphatic rings. The van der Waals surface area contributed by atoms with Gasteiger partial charge >= 0.3 is 0 Å². The van der Waals surface area contributed by atoms with E-state index in [1.807, 2.05) is 18.0 Å². The number of thiophene rings is 1. The van der Waals surface area contributed by atoms with Crippen LogP contribution in [0.4, 0.5) is 0 Å². The molecule has 0 saturated heterocycles. The second kappa shape index (κ2) is 4.78. The molecular formula is C11H13Br2NOS. The van der Waals surface area contributed by atoms with Gasteiger partial charge in [0.05, 0.1) is 8.66 Å². The molecule has 0 N–H and O–H groups in total. The predicted molar refractivity (Wildman–Crippen MR) is 74.0 cm³/mol. The smallest absolute Gasteiger partial charge is 0.263 e. The van der Waals surface area contributed by atoms with Crippen molar-refractivity contribution in [3.8, 4) is 0 Å². The highest BCUT2D eigenvalue weighted by Gasteiger charge is 2.34. The van der Waals surface area contributed by atoms with Gasteiger partial charge in [0.1, 0.15) is 0 Å². The molecular weight excluding hydrogens is 354 g/mol. The minimum absolute atomic E-state index is 0.121. The van der Waals surface area contributed by atoms with Crippen LogP contribution in [0.5, 0.6) is 0 Å². The topological polar surface area (TPSA) is 20.3 Å². The summed E-state index contributed by atoms with van der Waals surface area (Å²) >= 11 is 8.28. The molecule has 2 atom stereocenters. The van der Waals surface area contributed by atoms with Crippen molar-refractivity contribution in [2.75, 3.05) is 13.6 Å². The summed E-state index contributed by atoms with van der Waals surface area (Å²) in [6.45, 7) is 3.12. The summed E-state index contributed by atoms with van der Waals surface area (Å²) in [5.74, 6) is 1.62. The first-order chi connectivity index (χ1) is 7.49. The van der Waals surface area contributed by atoms with E-state index in [9.17, 15) is 4.79 Å². The fraction of sp³-hybridized carbons (Fsp3) is 0.545. The van der Waals surface area contributed by atoms with E-state index >= 15 is 0 Å². The quantitative estimate of drug-likeness (QED) is 0.791. The van der Waals surface area contributed by atoms with Crippen LogP contribution in [-0.4, -0.2) is 24.4 Å². The number of carbonyl (C=O) groups is 1. The van der Waals surface area contributed by atoms with Gasteiger partial charge in [-0.3, -0.25) is 4.79 Å². The largest absolute Gasteiger partial charge is 0.341 e. The Morgan fingerprint density at radius 1 is 1.62 bits per heavy atom. The fourth-order valence-corrected chi connectivity index (χ4v) is 3.76. The van der Waals surface area contributed by atoms with Crippen molar-refractivity contribution in [1.29, 1.82) is 0 Å². The predicted octanol–water partition coefficient (Wildman–Crippen LogP) is 4.00. The van der Waals surface area contributed by atoms with Gasteiger partial charge in [-0.25, -0.2) is 0 Å². The van der Waals surface area contributed by atoms with E-state index in [1.54, 1.807) is 0 Å². The molecule has 2 rings (SSSR count). The molecule has 1 aromatic heterocycles. The van der Waals surface area contributed by atoms with Gasteiger partial charge in [0, 0.05) is 18.1 Å². The van der Waals surface area contributed by atoms with Gasteiger partial charge in [-0.2, -0.15) is 0 Å². The Morgan fingerprint density at radius 2 is 2.25 bits per heavy atom. The molecule has 5 heteroatoms. The summed E-state index contributed by atoms with van der Waals surface area (Å²) in [6, 6.07) is 1.88. The Labute approximate surface area is 116 Å². The van der Waals surface area contributed by atoms with Crippen LogP contribution in [0.2, 0.25) is 0 Å². The highest BCUT2D eigenvalue weighted by Crippen LogP contribution is 2.38. The lowest BCUT2D eigenvalue weighted by molar-refractivity contribution is 0.0792. The molecule has 0 radical (unpaired) electrons. The lowest BCUT2D eigenvalue weighted by Crippen LogP contribution is -2.28. The zero-order chi connectivity index (χ0) is 11.9. The summed E-state index contributed by atoms with van der Waals surface area (Å²) in [5.41, 5.74) is 0. The SMILES string of the molecule is CC1CC1CN(C)C(=O)c1cc(Br)c(Br)s1. The van der Waals surface area contributed by atoms with Crippen molar-refractivity contribution in [3.63, 3.8) is 0 Å². The fourth-order valence-electron chi connectivity index (χ4n) is 1.73. The lowest BCUT2D eigenvalue weighted by Gasteiger charge is -2.15. The minimum atomic E-state index is 0.121. The van der Waals surface area contributed by atoms with Crippen molar-refractivity contribution >= 4 is 49.1 Å². The van der Waals surface area contributed by atoms with E-state index in [1.165, 1.54) is 17.8 Å². The summed E-state index contributed by atoms with van der Waals surface area (Å²) in [7, 11) is 1.88. The molecule has 0 spiro atoms. The van der Waals surface area contributed by atoms with E-state index in [-0.39, 0.29) is 5.91 Å².